The molecule has 0 fully saturated rings. The maximum absolute atomic E-state index is 13.2. The van der Waals surface area contributed by atoms with Crippen LogP contribution in [0.3, 0.4) is 0 Å². The molecule has 6 aromatic rings. The zero-order valence-electron chi connectivity index (χ0n) is 19.5. The third-order valence-corrected chi connectivity index (χ3v) is 6.65. The van der Waals surface area contributed by atoms with Gasteiger partial charge in [0.15, 0.2) is 0 Å². The normalized spacial score (nSPS) is 11.9. The lowest BCUT2D eigenvalue weighted by molar-refractivity contribution is -0.0999. The number of aryl methyl sites for hydroxylation is 1. The summed E-state index contributed by atoms with van der Waals surface area (Å²) in [6.45, 7) is 1.82. The van der Waals surface area contributed by atoms with E-state index in [1.165, 1.54) is 6.07 Å². The lowest BCUT2D eigenvalue weighted by Gasteiger charge is -2.18. The Bertz CT molecular complexity index is 1750. The molecule has 6 aromatic carbocycles. The molecule has 0 heterocycles. The van der Waals surface area contributed by atoms with Gasteiger partial charge in [0, 0.05) is 5.69 Å². The van der Waals surface area contributed by atoms with Crippen molar-refractivity contribution < 1.29 is 13.2 Å². The van der Waals surface area contributed by atoms with Crippen LogP contribution in [0.15, 0.2) is 109 Å². The van der Waals surface area contributed by atoms with Crippen molar-refractivity contribution in [3.05, 3.63) is 115 Å². The molecular formula is C32H22F3N. The molecule has 1 N–H and O–H groups in total. The number of nitrogens with one attached hydrogen (secondary N) is 1. The minimum atomic E-state index is -4.51. The first-order valence-corrected chi connectivity index (χ1v) is 11.8. The van der Waals surface area contributed by atoms with Gasteiger partial charge < -0.3 is 0 Å². The summed E-state index contributed by atoms with van der Waals surface area (Å²) in [6, 6.07) is 36.0. The topological polar surface area (TPSA) is 12.0 Å². The second-order valence-corrected chi connectivity index (χ2v) is 9.08. The minimum Gasteiger partial charge on any atom is -0.297 e. The van der Waals surface area contributed by atoms with Crippen LogP contribution in [-0.4, -0.2) is 6.30 Å². The third kappa shape index (κ3) is 3.85. The van der Waals surface area contributed by atoms with Crippen LogP contribution < -0.4 is 5.32 Å². The highest BCUT2D eigenvalue weighted by Crippen LogP contribution is 2.44. The minimum absolute atomic E-state index is 0.0304. The van der Waals surface area contributed by atoms with E-state index in [9.17, 15) is 13.2 Å². The number of hydrogen-bond donors (Lipinski definition) is 1. The van der Waals surface area contributed by atoms with Gasteiger partial charge in [0.05, 0.1) is 0 Å². The Balaban J connectivity index is 1.78. The molecular weight excluding hydrogens is 455 g/mol. The summed E-state index contributed by atoms with van der Waals surface area (Å²) >= 11 is 0. The summed E-state index contributed by atoms with van der Waals surface area (Å²) in [6.07, 6.45) is -4.51. The second kappa shape index (κ2) is 8.42. The Morgan fingerprint density at radius 2 is 1.06 bits per heavy atom. The molecule has 0 aliphatic rings. The molecule has 0 aliphatic heterocycles. The SMILES string of the molecule is Cc1cc(NC(F)(F)F)cc(-c2cccc3c4ccccc4c4cccc(-c5ccccc5)c4c23)c1. The summed E-state index contributed by atoms with van der Waals surface area (Å²) in [5.74, 6) is 0. The zero-order valence-corrected chi connectivity index (χ0v) is 19.5. The van der Waals surface area contributed by atoms with Gasteiger partial charge in [-0.1, -0.05) is 97.1 Å². The number of hydrogen-bond acceptors (Lipinski definition) is 1. The first kappa shape index (κ1) is 22.2. The number of benzene rings is 6. The van der Waals surface area contributed by atoms with Crippen molar-refractivity contribution in [2.75, 3.05) is 5.32 Å². The van der Waals surface area contributed by atoms with Crippen LogP contribution in [0.2, 0.25) is 0 Å². The molecule has 0 bridgehead atoms. The molecule has 36 heavy (non-hydrogen) atoms. The Morgan fingerprint density at radius 1 is 0.528 bits per heavy atom. The molecule has 0 radical (unpaired) electrons. The van der Waals surface area contributed by atoms with E-state index < -0.39 is 6.30 Å². The van der Waals surface area contributed by atoms with E-state index >= 15 is 0 Å². The largest absolute Gasteiger partial charge is 0.482 e. The van der Waals surface area contributed by atoms with Crippen LogP contribution in [-0.2, 0) is 0 Å². The molecule has 0 saturated carbocycles. The van der Waals surface area contributed by atoms with Crippen LogP contribution in [0, 0.1) is 6.92 Å². The molecule has 0 aromatic heterocycles. The maximum atomic E-state index is 13.2. The number of halogens is 3. The van der Waals surface area contributed by atoms with Crippen molar-refractivity contribution in [2.24, 2.45) is 0 Å². The van der Waals surface area contributed by atoms with Crippen molar-refractivity contribution in [2.45, 2.75) is 13.2 Å². The molecule has 0 aliphatic carbocycles. The predicted octanol–water partition coefficient (Wildman–Crippen LogP) is 9.72. The molecule has 0 spiro atoms. The lowest BCUT2D eigenvalue weighted by Crippen LogP contribution is -2.20. The van der Waals surface area contributed by atoms with Crippen LogP contribution in [0.5, 0.6) is 0 Å². The van der Waals surface area contributed by atoms with E-state index in [2.05, 4.69) is 48.5 Å². The summed E-state index contributed by atoms with van der Waals surface area (Å²) < 4.78 is 39.5. The Morgan fingerprint density at radius 3 is 1.64 bits per heavy atom. The van der Waals surface area contributed by atoms with E-state index in [0.717, 1.165) is 60.1 Å². The van der Waals surface area contributed by atoms with Crippen molar-refractivity contribution in [3.8, 4) is 22.3 Å². The first-order chi connectivity index (χ1) is 17.4. The fraction of sp³-hybridized carbons (Fsp3) is 0.0625. The molecule has 1 nitrogen and oxygen atoms in total. The molecule has 176 valence electrons. The highest BCUT2D eigenvalue weighted by molar-refractivity contribution is 6.31. The van der Waals surface area contributed by atoms with E-state index in [4.69, 9.17) is 0 Å². The smallest absolute Gasteiger partial charge is 0.297 e. The number of anilines is 1. The lowest BCUT2D eigenvalue weighted by atomic mass is 9.86. The molecule has 6 rings (SSSR count). The number of alkyl halides is 3. The average molecular weight is 478 g/mol. The fourth-order valence-corrected chi connectivity index (χ4v) is 5.32. The zero-order chi connectivity index (χ0) is 24.9. The summed E-state index contributed by atoms with van der Waals surface area (Å²) in [7, 11) is 0. The Kier molecular flexibility index (Phi) is 5.18. The number of rotatable bonds is 3. The highest BCUT2D eigenvalue weighted by atomic mass is 19.4. The summed E-state index contributed by atoms with van der Waals surface area (Å²) in [4.78, 5) is 0. The van der Waals surface area contributed by atoms with Gasteiger partial charge in [-0.05, 0) is 79.2 Å². The third-order valence-electron chi connectivity index (χ3n) is 6.65. The van der Waals surface area contributed by atoms with Crippen LogP contribution in [0.4, 0.5) is 18.9 Å². The van der Waals surface area contributed by atoms with Crippen molar-refractivity contribution in [1.29, 1.82) is 0 Å². The van der Waals surface area contributed by atoms with Crippen molar-refractivity contribution in [3.63, 3.8) is 0 Å². The van der Waals surface area contributed by atoms with Crippen molar-refractivity contribution in [1.82, 2.24) is 0 Å². The van der Waals surface area contributed by atoms with Gasteiger partial charge in [-0.25, -0.2) is 0 Å². The first-order valence-electron chi connectivity index (χ1n) is 11.8. The van der Waals surface area contributed by atoms with Crippen LogP contribution >= 0.6 is 0 Å². The van der Waals surface area contributed by atoms with Gasteiger partial charge in [0.25, 0.3) is 0 Å². The second-order valence-electron chi connectivity index (χ2n) is 9.08. The molecule has 0 amide bonds. The fourth-order valence-electron chi connectivity index (χ4n) is 5.32. The van der Waals surface area contributed by atoms with Gasteiger partial charge in [-0.15, -0.1) is 0 Å². The number of fused-ring (bicyclic) bond motifs is 6. The molecule has 0 unspecified atom stereocenters. The highest BCUT2D eigenvalue weighted by Gasteiger charge is 2.27. The van der Waals surface area contributed by atoms with E-state index in [1.54, 1.807) is 11.4 Å². The molecule has 0 atom stereocenters. The van der Waals surface area contributed by atoms with E-state index in [1.807, 2.05) is 55.5 Å². The van der Waals surface area contributed by atoms with Gasteiger partial charge in [-0.2, -0.15) is 13.2 Å². The van der Waals surface area contributed by atoms with Gasteiger partial charge in [-0.3, -0.25) is 5.32 Å². The monoisotopic (exact) mass is 477 g/mol. The standard InChI is InChI=1S/C32H22F3N/c1-20-17-22(19-23(18-20)36-32(33,34)35)25-14-8-16-29-27-12-6-5-11-26(27)28-15-7-13-24(30(28)31(25)29)21-9-3-2-4-10-21/h2-19,36H,1H3. The van der Waals surface area contributed by atoms with E-state index in [0.29, 0.717) is 0 Å². The van der Waals surface area contributed by atoms with Gasteiger partial charge in [0.1, 0.15) is 0 Å². The maximum Gasteiger partial charge on any atom is 0.482 e. The average Bonchev–Trinajstić information content (AvgIpc) is 2.87. The van der Waals surface area contributed by atoms with Gasteiger partial charge in [0.2, 0.25) is 0 Å². The summed E-state index contributed by atoms with van der Waals surface area (Å²) in [5, 5.41) is 8.28. The quantitative estimate of drug-likeness (QED) is 0.198. The molecule has 0 saturated heterocycles. The molecule has 4 heteroatoms. The van der Waals surface area contributed by atoms with E-state index in [-0.39, 0.29) is 5.69 Å². The predicted molar refractivity (Wildman–Crippen MR) is 144 cm³/mol. The Hall–Kier alpha value is -4.31. The Labute approximate surface area is 206 Å². The van der Waals surface area contributed by atoms with Gasteiger partial charge >= 0.3 is 6.30 Å². The van der Waals surface area contributed by atoms with Crippen LogP contribution in [0.25, 0.3) is 54.6 Å². The van der Waals surface area contributed by atoms with Crippen molar-refractivity contribution >= 4 is 38.0 Å². The summed E-state index contributed by atoms with van der Waals surface area (Å²) in [5.41, 5.74) is 4.62. The van der Waals surface area contributed by atoms with Crippen LogP contribution in [0.1, 0.15) is 5.56 Å².